The van der Waals surface area contributed by atoms with E-state index in [9.17, 15) is 0 Å². The molecule has 2 heterocycles. The molecule has 6 heteroatoms. The Balaban J connectivity index is 2.77. The summed E-state index contributed by atoms with van der Waals surface area (Å²) in [5.41, 5.74) is 1.31. The highest BCUT2D eigenvalue weighted by Gasteiger charge is 2.06. The summed E-state index contributed by atoms with van der Waals surface area (Å²) in [5.74, 6) is 0.508. The van der Waals surface area contributed by atoms with Gasteiger partial charge in [0.1, 0.15) is 5.52 Å². The van der Waals surface area contributed by atoms with Gasteiger partial charge >= 0.3 is 0 Å². The smallest absolute Gasteiger partial charge is 0.214 e. The van der Waals surface area contributed by atoms with E-state index >= 15 is 0 Å². The summed E-state index contributed by atoms with van der Waals surface area (Å²) in [7, 11) is 1.55. The molecule has 14 heavy (non-hydrogen) atoms. The van der Waals surface area contributed by atoms with Crippen molar-refractivity contribution in [2.45, 2.75) is 0 Å². The molecule has 4 nitrogen and oxygen atoms in total. The van der Waals surface area contributed by atoms with Crippen LogP contribution < -0.4 is 4.74 Å². The number of nitrogens with zero attached hydrogens (tertiary/aromatic N) is 3. The summed E-state index contributed by atoms with van der Waals surface area (Å²) in [4.78, 5) is 4.18. The number of aromatic nitrogens is 3. The molecule has 72 valence electrons. The molecule has 2 aromatic heterocycles. The third-order valence-corrected chi connectivity index (χ3v) is 2.45. The van der Waals surface area contributed by atoms with E-state index in [1.165, 1.54) is 0 Å². The van der Waals surface area contributed by atoms with Crippen LogP contribution in [0.3, 0.4) is 0 Å². The highest BCUT2D eigenvalue weighted by atomic mass is 79.9. The molecule has 0 bridgehead atoms. The predicted molar refractivity (Wildman–Crippen MR) is 56.6 cm³/mol. The van der Waals surface area contributed by atoms with Crippen molar-refractivity contribution in [2.75, 3.05) is 7.11 Å². The van der Waals surface area contributed by atoms with Crippen LogP contribution >= 0.6 is 27.5 Å². The number of pyridine rings is 1. The van der Waals surface area contributed by atoms with E-state index in [1.54, 1.807) is 19.2 Å². The lowest BCUT2D eigenvalue weighted by Crippen LogP contribution is -1.92. The Kier molecular flexibility index (Phi) is 2.52. The van der Waals surface area contributed by atoms with Crippen molar-refractivity contribution >= 4 is 38.6 Å². The summed E-state index contributed by atoms with van der Waals surface area (Å²) in [6, 6.07) is 3.36. The molecule has 0 unspecified atom stereocenters. The molecular weight excluding hydrogens is 269 g/mol. The van der Waals surface area contributed by atoms with Crippen LogP contribution in [0.4, 0.5) is 0 Å². The Labute approximate surface area is 93.4 Å². The molecule has 0 radical (unpaired) electrons. The topological polar surface area (TPSA) is 47.9 Å². The van der Waals surface area contributed by atoms with Gasteiger partial charge in [0.2, 0.25) is 5.88 Å². The zero-order chi connectivity index (χ0) is 10.1. The summed E-state index contributed by atoms with van der Waals surface area (Å²) in [6.07, 6.45) is 0. The van der Waals surface area contributed by atoms with Crippen molar-refractivity contribution in [3.05, 3.63) is 21.8 Å². The minimum Gasteiger partial charge on any atom is -0.481 e. The summed E-state index contributed by atoms with van der Waals surface area (Å²) >= 11 is 9.04. The zero-order valence-corrected chi connectivity index (χ0v) is 9.50. The van der Waals surface area contributed by atoms with Crippen molar-refractivity contribution in [3.63, 3.8) is 0 Å². The molecule has 0 fully saturated rings. The number of ether oxygens (including phenoxy) is 1. The molecule has 0 saturated carbocycles. The van der Waals surface area contributed by atoms with Gasteiger partial charge in [-0.05, 0) is 15.9 Å². The normalized spacial score (nSPS) is 10.5. The maximum atomic E-state index is 5.70. The largest absolute Gasteiger partial charge is 0.481 e. The highest BCUT2D eigenvalue weighted by molar-refractivity contribution is 9.10. The van der Waals surface area contributed by atoms with Crippen LogP contribution in [0.5, 0.6) is 5.88 Å². The van der Waals surface area contributed by atoms with Crippen LogP contribution in [-0.4, -0.2) is 22.3 Å². The fraction of sp³-hybridized carbons (Fsp3) is 0.125. The molecule has 0 aliphatic heterocycles. The minimum atomic E-state index is 0.310. The average molecular weight is 275 g/mol. The third kappa shape index (κ3) is 1.65. The number of methoxy groups -OCH3 is 1. The quantitative estimate of drug-likeness (QED) is 0.801. The molecular formula is C8H5BrClN3O. The third-order valence-electron chi connectivity index (χ3n) is 1.66. The van der Waals surface area contributed by atoms with Gasteiger partial charge in [0.25, 0.3) is 0 Å². The molecule has 2 rings (SSSR count). The average Bonchev–Trinajstić information content (AvgIpc) is 2.16. The van der Waals surface area contributed by atoms with Crippen molar-refractivity contribution in [1.82, 2.24) is 15.2 Å². The van der Waals surface area contributed by atoms with Crippen molar-refractivity contribution in [1.29, 1.82) is 0 Å². The maximum Gasteiger partial charge on any atom is 0.214 e. The molecule has 0 aliphatic rings. The summed E-state index contributed by atoms with van der Waals surface area (Å²) in [5, 5.41) is 7.95. The standard InChI is InChI=1S/C8H5BrClN3O/c1-14-7-2-4(9)8-5(11-7)3-6(10)12-13-8/h2-3H,1H3. The number of fused-ring (bicyclic) bond motifs is 1. The first-order chi connectivity index (χ1) is 6.70. The summed E-state index contributed by atoms with van der Waals surface area (Å²) in [6.45, 7) is 0. The lowest BCUT2D eigenvalue weighted by Gasteiger charge is -2.02. The van der Waals surface area contributed by atoms with Gasteiger partial charge in [0.05, 0.1) is 17.1 Å². The van der Waals surface area contributed by atoms with E-state index in [2.05, 4.69) is 31.1 Å². The molecule has 0 N–H and O–H groups in total. The lowest BCUT2D eigenvalue weighted by atomic mass is 10.3. The molecule has 0 atom stereocenters. The second-order valence-corrected chi connectivity index (χ2v) is 3.79. The van der Waals surface area contributed by atoms with Gasteiger partial charge in [0, 0.05) is 12.1 Å². The second-order valence-electron chi connectivity index (χ2n) is 2.55. The first-order valence-corrected chi connectivity index (χ1v) is 4.91. The number of halogens is 2. The lowest BCUT2D eigenvalue weighted by molar-refractivity contribution is 0.399. The van der Waals surface area contributed by atoms with Gasteiger partial charge < -0.3 is 4.74 Å². The zero-order valence-electron chi connectivity index (χ0n) is 7.16. The minimum absolute atomic E-state index is 0.310. The molecule has 0 amide bonds. The molecule has 0 spiro atoms. The van der Waals surface area contributed by atoms with E-state index < -0.39 is 0 Å². The second kappa shape index (κ2) is 3.67. The molecule has 2 aromatic rings. The molecule has 0 saturated heterocycles. The van der Waals surface area contributed by atoms with Crippen LogP contribution in [0.2, 0.25) is 5.15 Å². The van der Waals surface area contributed by atoms with Gasteiger partial charge in [-0.2, -0.15) is 0 Å². The highest BCUT2D eigenvalue weighted by Crippen LogP contribution is 2.25. The van der Waals surface area contributed by atoms with Gasteiger partial charge in [-0.1, -0.05) is 11.6 Å². The van der Waals surface area contributed by atoms with Crippen LogP contribution in [0, 0.1) is 0 Å². The van der Waals surface area contributed by atoms with Gasteiger partial charge in [0.15, 0.2) is 5.15 Å². The van der Waals surface area contributed by atoms with E-state index in [0.29, 0.717) is 22.1 Å². The first kappa shape index (κ1) is 9.61. The Bertz CT molecular complexity index is 491. The number of hydrogen-bond acceptors (Lipinski definition) is 4. The first-order valence-electron chi connectivity index (χ1n) is 3.74. The SMILES string of the molecule is COc1cc(Br)c2nnc(Cl)cc2n1. The van der Waals surface area contributed by atoms with Crippen molar-refractivity contribution in [3.8, 4) is 5.88 Å². The Morgan fingerprint density at radius 3 is 2.86 bits per heavy atom. The van der Waals surface area contributed by atoms with Crippen molar-refractivity contribution in [2.24, 2.45) is 0 Å². The van der Waals surface area contributed by atoms with Crippen LogP contribution in [0.1, 0.15) is 0 Å². The monoisotopic (exact) mass is 273 g/mol. The van der Waals surface area contributed by atoms with Crippen molar-refractivity contribution < 1.29 is 4.74 Å². The fourth-order valence-corrected chi connectivity index (χ4v) is 1.67. The predicted octanol–water partition coefficient (Wildman–Crippen LogP) is 2.45. The van der Waals surface area contributed by atoms with Gasteiger partial charge in [-0.15, -0.1) is 10.2 Å². The van der Waals surface area contributed by atoms with Crippen LogP contribution in [0.25, 0.3) is 11.0 Å². The maximum absolute atomic E-state index is 5.70. The Morgan fingerprint density at radius 1 is 1.36 bits per heavy atom. The van der Waals surface area contributed by atoms with Gasteiger partial charge in [-0.3, -0.25) is 0 Å². The number of hydrogen-bond donors (Lipinski definition) is 0. The number of rotatable bonds is 1. The van der Waals surface area contributed by atoms with Crippen LogP contribution in [-0.2, 0) is 0 Å². The van der Waals surface area contributed by atoms with E-state index in [-0.39, 0.29) is 0 Å². The Hall–Kier alpha value is -0.940. The van der Waals surface area contributed by atoms with E-state index in [0.717, 1.165) is 4.47 Å². The van der Waals surface area contributed by atoms with Crippen LogP contribution in [0.15, 0.2) is 16.6 Å². The van der Waals surface area contributed by atoms with Gasteiger partial charge in [-0.25, -0.2) is 4.98 Å². The molecule has 0 aromatic carbocycles. The summed E-state index contributed by atoms with van der Waals surface area (Å²) < 4.78 is 5.79. The van der Waals surface area contributed by atoms with E-state index in [4.69, 9.17) is 16.3 Å². The van der Waals surface area contributed by atoms with E-state index in [1.807, 2.05) is 0 Å². The Morgan fingerprint density at radius 2 is 2.14 bits per heavy atom. The molecule has 0 aliphatic carbocycles. The fourth-order valence-electron chi connectivity index (χ4n) is 1.05.